The molecule has 0 heterocycles. The summed E-state index contributed by atoms with van der Waals surface area (Å²) in [6.07, 6.45) is -0.707. The van der Waals surface area contributed by atoms with Crippen LogP contribution in [0.5, 0.6) is 0 Å². The van der Waals surface area contributed by atoms with E-state index < -0.39 is 37.2 Å². The number of ether oxygens (including phenoxy) is 5. The number of rotatable bonds is 12. The Morgan fingerprint density at radius 1 is 0.741 bits per heavy atom. The molecule has 0 aliphatic heterocycles. The predicted octanol–water partition coefficient (Wildman–Crippen LogP) is 5.04. The first-order chi connectivity index (χ1) is 12.4. The zero-order chi connectivity index (χ0) is 21.1. The number of carbonyl (C=O) groups excluding carboxylic acids is 2. The van der Waals surface area contributed by atoms with Crippen molar-refractivity contribution in [3.8, 4) is 0 Å². The van der Waals surface area contributed by atoms with Gasteiger partial charge < -0.3 is 23.7 Å². The molecule has 0 aliphatic carbocycles. The quantitative estimate of drug-likeness (QED) is 0.159. The van der Waals surface area contributed by atoms with Gasteiger partial charge in [-0.2, -0.15) is 0 Å². The molecule has 0 saturated carbocycles. The Labute approximate surface area is 180 Å². The Balaban J connectivity index is 3.83. The van der Waals surface area contributed by atoms with Gasteiger partial charge in [-0.1, -0.05) is 13.8 Å². The second-order valence-electron chi connectivity index (χ2n) is 5.75. The van der Waals surface area contributed by atoms with E-state index in [2.05, 4.69) is 0 Å². The van der Waals surface area contributed by atoms with E-state index in [1.165, 1.54) is 0 Å². The van der Waals surface area contributed by atoms with E-state index >= 15 is 0 Å². The number of halogens is 4. The predicted molar refractivity (Wildman–Crippen MR) is 110 cm³/mol. The molecule has 0 amide bonds. The molecular formula is C14H26Cl4O7Si2. The summed E-state index contributed by atoms with van der Waals surface area (Å²) < 4.78 is 25.1. The van der Waals surface area contributed by atoms with Crippen molar-refractivity contribution in [1.29, 1.82) is 0 Å². The van der Waals surface area contributed by atoms with Crippen LogP contribution in [0.3, 0.4) is 0 Å². The van der Waals surface area contributed by atoms with Crippen molar-refractivity contribution in [3.63, 3.8) is 0 Å². The molecule has 13 heteroatoms. The Kier molecular flexibility index (Phi) is 13.4. The van der Waals surface area contributed by atoms with Crippen molar-refractivity contribution < 1.29 is 33.3 Å². The first kappa shape index (κ1) is 27.1. The van der Waals surface area contributed by atoms with Gasteiger partial charge in [0.2, 0.25) is 0 Å². The molecule has 0 radical (unpaired) electrons. The summed E-state index contributed by atoms with van der Waals surface area (Å²) in [6, 6.07) is 0. The van der Waals surface area contributed by atoms with Crippen molar-refractivity contribution >= 4 is 70.0 Å². The molecule has 0 fully saturated rings. The standard InChI is InChI=1S/C14H26Cl4O7Si2/c1-5-11(26(3,15)16)24-13(19)22-9-7-21-8-10-23-14(20)25-12(6-2)27(4,17)18/h11-12H,5-10H2,1-4H3. The summed E-state index contributed by atoms with van der Waals surface area (Å²) in [4.78, 5) is 23.1. The van der Waals surface area contributed by atoms with Crippen LogP contribution in [0.15, 0.2) is 0 Å². The van der Waals surface area contributed by atoms with Gasteiger partial charge in [-0.3, -0.25) is 0 Å². The molecule has 0 aromatic heterocycles. The first-order valence-corrected chi connectivity index (χ1v) is 17.6. The lowest BCUT2D eigenvalue weighted by Gasteiger charge is -2.22. The van der Waals surface area contributed by atoms with Crippen molar-refractivity contribution in [2.75, 3.05) is 26.4 Å². The van der Waals surface area contributed by atoms with E-state index in [0.29, 0.717) is 12.8 Å². The van der Waals surface area contributed by atoms with Crippen molar-refractivity contribution in [3.05, 3.63) is 0 Å². The van der Waals surface area contributed by atoms with E-state index in [1.807, 2.05) is 13.8 Å². The zero-order valence-electron chi connectivity index (χ0n) is 15.8. The average Bonchev–Trinajstić information content (AvgIpc) is 2.54. The highest BCUT2D eigenvalue weighted by molar-refractivity contribution is 7.45. The zero-order valence-corrected chi connectivity index (χ0v) is 20.8. The van der Waals surface area contributed by atoms with Crippen LogP contribution in [0.4, 0.5) is 9.59 Å². The molecule has 0 aromatic carbocycles. The fourth-order valence-corrected chi connectivity index (χ4v) is 6.29. The van der Waals surface area contributed by atoms with E-state index in [0.717, 1.165) is 0 Å². The van der Waals surface area contributed by atoms with Crippen LogP contribution in [0, 0.1) is 0 Å². The molecule has 0 saturated heterocycles. The molecular weight excluding hydrogens is 478 g/mol. The van der Waals surface area contributed by atoms with Crippen LogP contribution in [0.2, 0.25) is 13.1 Å². The van der Waals surface area contributed by atoms with Gasteiger partial charge in [-0.25, -0.2) is 9.59 Å². The molecule has 2 atom stereocenters. The smallest absolute Gasteiger partial charge is 0.432 e. The van der Waals surface area contributed by atoms with Gasteiger partial charge in [0.25, 0.3) is 13.4 Å². The second-order valence-corrected chi connectivity index (χ2v) is 21.4. The minimum atomic E-state index is -2.64. The molecule has 0 aliphatic rings. The maximum atomic E-state index is 11.6. The largest absolute Gasteiger partial charge is 0.508 e. The SMILES string of the molecule is CCC(OC(=O)OCCOCCOC(=O)OC(CC)[Si](C)(Cl)Cl)[Si](C)(Cl)Cl. The summed E-state index contributed by atoms with van der Waals surface area (Å²) in [5.74, 6) is 0. The minimum absolute atomic E-state index is 0.0249. The molecule has 2 unspecified atom stereocenters. The van der Waals surface area contributed by atoms with Crippen LogP contribution in [-0.4, -0.2) is 63.6 Å². The van der Waals surface area contributed by atoms with Gasteiger partial charge in [0.05, 0.1) is 13.2 Å². The second kappa shape index (κ2) is 13.3. The van der Waals surface area contributed by atoms with Gasteiger partial charge in [0, 0.05) is 0 Å². The lowest BCUT2D eigenvalue weighted by Crippen LogP contribution is -2.37. The van der Waals surface area contributed by atoms with Gasteiger partial charge in [0.15, 0.2) is 0 Å². The summed E-state index contributed by atoms with van der Waals surface area (Å²) in [6.45, 7) is 1.84. The van der Waals surface area contributed by atoms with Crippen molar-refractivity contribution in [2.24, 2.45) is 0 Å². The highest BCUT2D eigenvalue weighted by Crippen LogP contribution is 2.25. The third-order valence-corrected chi connectivity index (χ3v) is 9.48. The summed E-state index contributed by atoms with van der Waals surface area (Å²) in [5.41, 5.74) is -1.10. The Bertz CT molecular complexity index is 418. The molecule has 27 heavy (non-hydrogen) atoms. The fourth-order valence-electron chi connectivity index (χ4n) is 1.86. The number of hydrogen-bond acceptors (Lipinski definition) is 7. The summed E-state index contributed by atoms with van der Waals surface area (Å²) in [5, 5.41) is 0. The lowest BCUT2D eigenvalue weighted by molar-refractivity contribution is -0.000108. The molecule has 0 rings (SSSR count). The molecule has 0 aromatic rings. The molecule has 0 spiro atoms. The van der Waals surface area contributed by atoms with Crippen molar-refractivity contribution in [1.82, 2.24) is 0 Å². The lowest BCUT2D eigenvalue weighted by atomic mass is 10.5. The van der Waals surface area contributed by atoms with E-state index in [4.69, 9.17) is 68.0 Å². The molecule has 0 N–H and O–H groups in total. The molecule has 7 nitrogen and oxygen atoms in total. The number of hydrogen-bond donors (Lipinski definition) is 0. The van der Waals surface area contributed by atoms with Crippen LogP contribution in [0.25, 0.3) is 0 Å². The third kappa shape index (κ3) is 13.0. The van der Waals surface area contributed by atoms with Crippen LogP contribution >= 0.6 is 44.3 Å². The minimum Gasteiger partial charge on any atom is -0.432 e. The van der Waals surface area contributed by atoms with Gasteiger partial charge >= 0.3 is 12.3 Å². The fraction of sp³-hybridized carbons (Fsp3) is 0.857. The van der Waals surface area contributed by atoms with Gasteiger partial charge in [-0.15, -0.1) is 44.3 Å². The number of carbonyl (C=O) groups is 2. The maximum absolute atomic E-state index is 11.6. The maximum Gasteiger partial charge on any atom is 0.508 e. The Morgan fingerprint density at radius 3 is 1.33 bits per heavy atom. The molecule has 160 valence electrons. The highest BCUT2D eigenvalue weighted by atomic mass is 35.7. The average molecular weight is 504 g/mol. The third-order valence-electron chi connectivity index (χ3n) is 3.24. The normalized spacial score (nSPS) is 14.2. The van der Waals surface area contributed by atoms with E-state index in [9.17, 15) is 9.59 Å². The summed E-state index contributed by atoms with van der Waals surface area (Å²) >= 11 is 24.1. The van der Waals surface area contributed by atoms with Gasteiger partial charge in [0.1, 0.15) is 24.7 Å². The topological polar surface area (TPSA) is 80.3 Å². The Hall–Kier alpha value is 0.0938. The van der Waals surface area contributed by atoms with Crippen LogP contribution in [-0.2, 0) is 23.7 Å². The monoisotopic (exact) mass is 502 g/mol. The van der Waals surface area contributed by atoms with Gasteiger partial charge in [-0.05, 0) is 25.9 Å². The molecule has 0 bridgehead atoms. The Morgan fingerprint density at radius 2 is 1.07 bits per heavy atom. The first-order valence-electron chi connectivity index (χ1n) is 8.41. The van der Waals surface area contributed by atoms with Crippen LogP contribution in [0.1, 0.15) is 26.7 Å². The van der Waals surface area contributed by atoms with E-state index in [-0.39, 0.29) is 26.4 Å². The van der Waals surface area contributed by atoms with Crippen LogP contribution < -0.4 is 0 Å². The highest BCUT2D eigenvalue weighted by Gasteiger charge is 2.36. The van der Waals surface area contributed by atoms with E-state index in [1.54, 1.807) is 13.1 Å². The van der Waals surface area contributed by atoms with Crippen molar-refractivity contribution in [2.45, 2.75) is 51.2 Å². The summed E-state index contributed by atoms with van der Waals surface area (Å²) in [7, 11) is 0.